The number of nitrogens with one attached hydrogen (secondary N) is 1. The van der Waals surface area contributed by atoms with E-state index in [0.29, 0.717) is 25.3 Å². The van der Waals surface area contributed by atoms with Gasteiger partial charge < -0.3 is 15.2 Å². The normalized spacial score (nSPS) is 21.9. The van der Waals surface area contributed by atoms with Crippen LogP contribution in [0.25, 0.3) is 0 Å². The fourth-order valence-electron chi connectivity index (χ4n) is 2.87. The smallest absolute Gasteiger partial charge is 0.223 e. The summed E-state index contributed by atoms with van der Waals surface area (Å²) in [4.78, 5) is 16.5. The van der Waals surface area contributed by atoms with Crippen molar-refractivity contribution in [2.75, 3.05) is 7.11 Å². The van der Waals surface area contributed by atoms with Crippen LogP contribution in [0.5, 0.6) is 5.88 Å². The lowest BCUT2D eigenvalue weighted by Gasteiger charge is -2.24. The summed E-state index contributed by atoms with van der Waals surface area (Å²) in [6, 6.07) is 1.99. The summed E-state index contributed by atoms with van der Waals surface area (Å²) >= 11 is 0. The van der Waals surface area contributed by atoms with Gasteiger partial charge in [-0.1, -0.05) is 0 Å². The molecule has 1 aliphatic carbocycles. The Morgan fingerprint density at radius 2 is 2.05 bits per heavy atom. The van der Waals surface area contributed by atoms with Gasteiger partial charge in [0.2, 0.25) is 11.8 Å². The minimum absolute atomic E-state index is 0.0121. The van der Waals surface area contributed by atoms with Gasteiger partial charge in [-0.25, -0.2) is 4.98 Å². The molecule has 1 aromatic heterocycles. The summed E-state index contributed by atoms with van der Waals surface area (Å²) in [5.74, 6) is 0.647. The van der Waals surface area contributed by atoms with Crippen LogP contribution in [0.15, 0.2) is 6.07 Å². The van der Waals surface area contributed by atoms with Crippen molar-refractivity contribution in [1.82, 2.24) is 10.3 Å². The quantitative estimate of drug-likeness (QED) is 0.889. The molecule has 1 heterocycles. The van der Waals surface area contributed by atoms with Crippen LogP contribution in [0.1, 0.15) is 42.5 Å². The van der Waals surface area contributed by atoms with Gasteiger partial charge in [0.25, 0.3) is 0 Å². The molecule has 0 radical (unpaired) electrons. The van der Waals surface area contributed by atoms with Crippen molar-refractivity contribution >= 4 is 5.91 Å². The molecule has 0 atom stereocenters. The molecule has 2 N–H and O–H groups in total. The van der Waals surface area contributed by atoms with Crippen molar-refractivity contribution in [1.29, 1.82) is 0 Å². The average molecular weight is 292 g/mol. The lowest BCUT2D eigenvalue weighted by Crippen LogP contribution is -2.34. The molecule has 1 saturated carbocycles. The van der Waals surface area contributed by atoms with Gasteiger partial charge in [-0.05, 0) is 51.2 Å². The standard InChI is InChI=1S/C16H24N2O3/c1-10-8-11(2)18-16(21-3)14(10)9-17-15(20)12-4-6-13(19)7-5-12/h8,12-13,19H,4-7,9H2,1-3H3,(H,17,20). The van der Waals surface area contributed by atoms with Crippen molar-refractivity contribution in [3.8, 4) is 5.88 Å². The third kappa shape index (κ3) is 3.94. The molecule has 1 aromatic rings. The first kappa shape index (κ1) is 15.8. The third-order valence-corrected chi connectivity index (χ3v) is 4.14. The fraction of sp³-hybridized carbons (Fsp3) is 0.625. The Hall–Kier alpha value is -1.62. The third-order valence-electron chi connectivity index (χ3n) is 4.14. The number of ether oxygens (including phenoxy) is 1. The van der Waals surface area contributed by atoms with Gasteiger partial charge in [0.15, 0.2) is 0 Å². The highest BCUT2D eigenvalue weighted by atomic mass is 16.5. The summed E-state index contributed by atoms with van der Waals surface area (Å²) in [6.07, 6.45) is 2.71. The van der Waals surface area contributed by atoms with E-state index in [-0.39, 0.29) is 17.9 Å². The number of rotatable bonds is 4. The predicted molar refractivity (Wildman–Crippen MR) is 80.1 cm³/mol. The van der Waals surface area contributed by atoms with Crippen LogP contribution in [0.2, 0.25) is 0 Å². The summed E-state index contributed by atoms with van der Waals surface area (Å²) < 4.78 is 5.30. The molecule has 1 aliphatic rings. The average Bonchev–Trinajstić information content (AvgIpc) is 2.46. The van der Waals surface area contributed by atoms with E-state index < -0.39 is 0 Å². The number of methoxy groups -OCH3 is 1. The maximum atomic E-state index is 12.2. The SMILES string of the molecule is COc1nc(C)cc(C)c1CNC(=O)C1CCC(O)CC1. The Morgan fingerprint density at radius 1 is 1.38 bits per heavy atom. The predicted octanol–water partition coefficient (Wildman–Crippen LogP) is 1.87. The molecule has 0 aliphatic heterocycles. The fourth-order valence-corrected chi connectivity index (χ4v) is 2.87. The van der Waals surface area contributed by atoms with E-state index >= 15 is 0 Å². The number of aryl methyl sites for hydroxylation is 2. The van der Waals surface area contributed by atoms with Gasteiger partial charge in [-0.15, -0.1) is 0 Å². The molecule has 0 saturated heterocycles. The van der Waals surface area contributed by atoms with Crippen LogP contribution in [-0.4, -0.2) is 29.2 Å². The number of nitrogens with zero attached hydrogens (tertiary/aromatic N) is 1. The van der Waals surface area contributed by atoms with Gasteiger partial charge in [0.05, 0.1) is 13.2 Å². The van der Waals surface area contributed by atoms with E-state index in [0.717, 1.165) is 29.7 Å². The molecule has 116 valence electrons. The van der Waals surface area contributed by atoms with E-state index in [2.05, 4.69) is 10.3 Å². The van der Waals surface area contributed by atoms with Gasteiger partial charge in [-0.3, -0.25) is 4.79 Å². The maximum Gasteiger partial charge on any atom is 0.223 e. The molecule has 0 aromatic carbocycles. The van der Waals surface area contributed by atoms with E-state index in [1.54, 1.807) is 7.11 Å². The Balaban J connectivity index is 1.98. The molecule has 0 spiro atoms. The summed E-state index contributed by atoms with van der Waals surface area (Å²) in [7, 11) is 1.59. The van der Waals surface area contributed by atoms with E-state index in [9.17, 15) is 9.90 Å². The topological polar surface area (TPSA) is 71.5 Å². The molecular formula is C16H24N2O3. The molecule has 21 heavy (non-hydrogen) atoms. The summed E-state index contributed by atoms with van der Waals surface area (Å²) in [6.45, 7) is 4.35. The van der Waals surface area contributed by atoms with E-state index in [4.69, 9.17) is 4.74 Å². The van der Waals surface area contributed by atoms with E-state index in [1.807, 2.05) is 19.9 Å². The zero-order valence-electron chi connectivity index (χ0n) is 13.0. The number of carbonyl (C=O) groups excluding carboxylic acids is 1. The highest BCUT2D eigenvalue weighted by Gasteiger charge is 2.25. The van der Waals surface area contributed by atoms with Gasteiger partial charge in [0, 0.05) is 23.7 Å². The summed E-state index contributed by atoms with van der Waals surface area (Å²) in [5.41, 5.74) is 2.90. The second-order valence-electron chi connectivity index (χ2n) is 5.79. The Kier molecular flexibility index (Phi) is 5.17. The maximum absolute atomic E-state index is 12.2. The first-order valence-electron chi connectivity index (χ1n) is 7.48. The number of aromatic nitrogens is 1. The first-order valence-corrected chi connectivity index (χ1v) is 7.48. The number of amides is 1. The number of hydrogen-bond acceptors (Lipinski definition) is 4. The van der Waals surface area contributed by atoms with Crippen LogP contribution in [0.4, 0.5) is 0 Å². The molecule has 5 nitrogen and oxygen atoms in total. The molecule has 0 unspecified atom stereocenters. The molecule has 1 amide bonds. The Bertz CT molecular complexity index is 508. The number of hydrogen-bond donors (Lipinski definition) is 2. The molecule has 1 fully saturated rings. The molecule has 2 rings (SSSR count). The van der Waals surface area contributed by atoms with Gasteiger partial charge >= 0.3 is 0 Å². The minimum Gasteiger partial charge on any atom is -0.481 e. The molecular weight excluding hydrogens is 268 g/mol. The Morgan fingerprint density at radius 3 is 2.67 bits per heavy atom. The van der Waals surface area contributed by atoms with Crippen molar-refractivity contribution in [3.05, 3.63) is 22.9 Å². The van der Waals surface area contributed by atoms with Crippen LogP contribution in [-0.2, 0) is 11.3 Å². The number of pyridine rings is 1. The molecule has 0 bridgehead atoms. The molecule has 5 heteroatoms. The zero-order valence-corrected chi connectivity index (χ0v) is 13.0. The van der Waals surface area contributed by atoms with Crippen molar-refractivity contribution < 1.29 is 14.6 Å². The highest BCUT2D eigenvalue weighted by Crippen LogP contribution is 2.25. The number of carbonyl (C=O) groups is 1. The zero-order chi connectivity index (χ0) is 15.4. The van der Waals surface area contributed by atoms with Crippen LogP contribution in [0, 0.1) is 19.8 Å². The van der Waals surface area contributed by atoms with Crippen molar-refractivity contribution in [2.45, 2.75) is 52.2 Å². The second-order valence-corrected chi connectivity index (χ2v) is 5.79. The van der Waals surface area contributed by atoms with Gasteiger partial charge in [-0.2, -0.15) is 0 Å². The lowest BCUT2D eigenvalue weighted by molar-refractivity contribution is -0.126. The lowest BCUT2D eigenvalue weighted by atomic mass is 9.87. The van der Waals surface area contributed by atoms with Gasteiger partial charge in [0.1, 0.15) is 0 Å². The van der Waals surface area contributed by atoms with Crippen LogP contribution in [0.3, 0.4) is 0 Å². The first-order chi connectivity index (χ1) is 10.0. The highest BCUT2D eigenvalue weighted by molar-refractivity contribution is 5.78. The largest absolute Gasteiger partial charge is 0.481 e. The summed E-state index contributed by atoms with van der Waals surface area (Å²) in [5, 5.41) is 12.5. The monoisotopic (exact) mass is 292 g/mol. The van der Waals surface area contributed by atoms with Crippen molar-refractivity contribution in [3.63, 3.8) is 0 Å². The van der Waals surface area contributed by atoms with Crippen molar-refractivity contribution in [2.24, 2.45) is 5.92 Å². The Labute approximate surface area is 125 Å². The minimum atomic E-state index is -0.238. The number of aliphatic hydroxyl groups excluding tert-OH is 1. The second kappa shape index (κ2) is 6.89. The van der Waals surface area contributed by atoms with E-state index in [1.165, 1.54) is 0 Å². The van der Waals surface area contributed by atoms with Crippen LogP contribution >= 0.6 is 0 Å². The van der Waals surface area contributed by atoms with Crippen LogP contribution < -0.4 is 10.1 Å². The number of aliphatic hydroxyl groups is 1.